The summed E-state index contributed by atoms with van der Waals surface area (Å²) in [7, 11) is 0. The van der Waals surface area contributed by atoms with Crippen LogP contribution in [0.1, 0.15) is 30.9 Å². The summed E-state index contributed by atoms with van der Waals surface area (Å²) in [5, 5.41) is 5.21. The Kier molecular flexibility index (Phi) is 4.61. The molecule has 0 aliphatic heterocycles. The summed E-state index contributed by atoms with van der Waals surface area (Å²) in [6.45, 7) is 1.79. The van der Waals surface area contributed by atoms with Gasteiger partial charge in [-0.2, -0.15) is 0 Å². The van der Waals surface area contributed by atoms with E-state index in [0.29, 0.717) is 0 Å². The lowest BCUT2D eigenvalue weighted by molar-refractivity contribution is -0.122. The maximum Gasteiger partial charge on any atom is 0.265 e. The standard InChI is InChI=1S/C23H23NO2/c1-16(26-22-13-11-18-7-3-5-9-20(18)15-22)23(25)24-21-12-10-17-6-2-4-8-19(17)14-21/h2,4,6,8,10-16H,3,5,7,9H2,1H3,(H,24,25)/t16-/m0/s1. The molecule has 3 aromatic rings. The quantitative estimate of drug-likeness (QED) is 0.712. The van der Waals surface area contributed by atoms with Crippen molar-refractivity contribution in [2.45, 2.75) is 38.7 Å². The molecule has 132 valence electrons. The normalized spacial score (nSPS) is 14.5. The van der Waals surface area contributed by atoms with E-state index in [9.17, 15) is 4.79 Å². The van der Waals surface area contributed by atoms with Gasteiger partial charge in [0.05, 0.1) is 0 Å². The Morgan fingerprint density at radius 2 is 1.69 bits per heavy atom. The molecular weight excluding hydrogens is 322 g/mol. The highest BCUT2D eigenvalue weighted by atomic mass is 16.5. The second kappa shape index (κ2) is 7.20. The number of carbonyl (C=O) groups is 1. The van der Waals surface area contributed by atoms with E-state index in [4.69, 9.17) is 4.74 Å². The molecule has 0 saturated heterocycles. The highest BCUT2D eigenvalue weighted by Crippen LogP contribution is 2.26. The van der Waals surface area contributed by atoms with E-state index in [-0.39, 0.29) is 5.91 Å². The molecule has 0 radical (unpaired) electrons. The van der Waals surface area contributed by atoms with Crippen LogP contribution >= 0.6 is 0 Å². The predicted molar refractivity (Wildman–Crippen MR) is 106 cm³/mol. The highest BCUT2D eigenvalue weighted by Gasteiger charge is 2.16. The largest absolute Gasteiger partial charge is 0.481 e. The Morgan fingerprint density at radius 3 is 2.54 bits per heavy atom. The van der Waals surface area contributed by atoms with E-state index < -0.39 is 6.10 Å². The molecule has 26 heavy (non-hydrogen) atoms. The number of benzene rings is 3. The van der Waals surface area contributed by atoms with Gasteiger partial charge in [0.1, 0.15) is 5.75 Å². The zero-order valence-corrected chi connectivity index (χ0v) is 15.0. The van der Waals surface area contributed by atoms with Crippen LogP contribution in [0, 0.1) is 0 Å². The average molecular weight is 345 g/mol. The second-order valence-corrected chi connectivity index (χ2v) is 6.95. The van der Waals surface area contributed by atoms with E-state index in [0.717, 1.165) is 35.1 Å². The monoisotopic (exact) mass is 345 g/mol. The van der Waals surface area contributed by atoms with Crippen LogP contribution in [0.4, 0.5) is 5.69 Å². The van der Waals surface area contributed by atoms with E-state index in [1.54, 1.807) is 6.92 Å². The number of anilines is 1. The maximum atomic E-state index is 12.5. The molecule has 0 fully saturated rings. The number of aryl methyl sites for hydroxylation is 2. The SMILES string of the molecule is C[C@H](Oc1ccc2c(c1)CCCC2)C(=O)Nc1ccc2ccccc2c1. The van der Waals surface area contributed by atoms with Gasteiger partial charge in [-0.05, 0) is 78.8 Å². The van der Waals surface area contributed by atoms with Gasteiger partial charge in [-0.1, -0.05) is 36.4 Å². The third-order valence-corrected chi connectivity index (χ3v) is 5.02. The van der Waals surface area contributed by atoms with Crippen LogP contribution < -0.4 is 10.1 Å². The lowest BCUT2D eigenvalue weighted by Gasteiger charge is -2.19. The van der Waals surface area contributed by atoms with Crippen molar-refractivity contribution in [1.82, 2.24) is 0 Å². The summed E-state index contributed by atoms with van der Waals surface area (Å²) in [5.41, 5.74) is 3.56. The van der Waals surface area contributed by atoms with Crippen molar-refractivity contribution in [1.29, 1.82) is 0 Å². The minimum Gasteiger partial charge on any atom is -0.481 e. The summed E-state index contributed by atoms with van der Waals surface area (Å²) >= 11 is 0. The first-order valence-electron chi connectivity index (χ1n) is 9.27. The first-order chi connectivity index (χ1) is 12.7. The number of amides is 1. The molecule has 1 atom stereocenters. The third-order valence-electron chi connectivity index (χ3n) is 5.02. The van der Waals surface area contributed by atoms with Crippen LogP contribution in [0.2, 0.25) is 0 Å². The van der Waals surface area contributed by atoms with Crippen LogP contribution in [-0.2, 0) is 17.6 Å². The fraction of sp³-hybridized carbons (Fsp3) is 0.261. The Balaban J connectivity index is 1.44. The molecule has 4 rings (SSSR count). The van der Waals surface area contributed by atoms with E-state index in [1.807, 2.05) is 42.5 Å². The fourth-order valence-electron chi connectivity index (χ4n) is 3.55. The van der Waals surface area contributed by atoms with Gasteiger partial charge < -0.3 is 10.1 Å². The number of fused-ring (bicyclic) bond motifs is 2. The Labute approximate surface area is 154 Å². The maximum absolute atomic E-state index is 12.5. The molecule has 0 spiro atoms. The van der Waals surface area contributed by atoms with Crippen molar-refractivity contribution in [3.8, 4) is 5.75 Å². The zero-order chi connectivity index (χ0) is 17.9. The van der Waals surface area contributed by atoms with Gasteiger partial charge in [-0.15, -0.1) is 0 Å². The predicted octanol–water partition coefficient (Wildman–Crippen LogP) is 5.12. The fourth-order valence-corrected chi connectivity index (χ4v) is 3.55. The number of hydrogen-bond acceptors (Lipinski definition) is 2. The Morgan fingerprint density at radius 1 is 0.923 bits per heavy atom. The molecule has 0 aromatic heterocycles. The number of carbonyl (C=O) groups excluding carboxylic acids is 1. The molecule has 3 heteroatoms. The van der Waals surface area contributed by atoms with Gasteiger partial charge in [-0.25, -0.2) is 0 Å². The van der Waals surface area contributed by atoms with Gasteiger partial charge >= 0.3 is 0 Å². The van der Waals surface area contributed by atoms with Gasteiger partial charge in [0.2, 0.25) is 0 Å². The number of nitrogens with one attached hydrogen (secondary N) is 1. The summed E-state index contributed by atoms with van der Waals surface area (Å²) in [6.07, 6.45) is 4.19. The molecule has 3 nitrogen and oxygen atoms in total. The second-order valence-electron chi connectivity index (χ2n) is 6.95. The molecule has 0 heterocycles. The molecule has 1 aliphatic carbocycles. The lowest BCUT2D eigenvalue weighted by Crippen LogP contribution is -2.30. The molecule has 3 aromatic carbocycles. The van der Waals surface area contributed by atoms with E-state index in [1.165, 1.54) is 24.0 Å². The third kappa shape index (κ3) is 3.57. The van der Waals surface area contributed by atoms with Crippen molar-refractivity contribution in [3.63, 3.8) is 0 Å². The number of ether oxygens (including phenoxy) is 1. The van der Waals surface area contributed by atoms with Crippen LogP contribution in [0.25, 0.3) is 10.8 Å². The van der Waals surface area contributed by atoms with Crippen molar-refractivity contribution in [2.75, 3.05) is 5.32 Å². The number of rotatable bonds is 4. The number of hydrogen-bond donors (Lipinski definition) is 1. The Bertz CT molecular complexity index is 948. The topological polar surface area (TPSA) is 38.3 Å². The van der Waals surface area contributed by atoms with E-state index in [2.05, 4.69) is 23.5 Å². The minimum absolute atomic E-state index is 0.141. The van der Waals surface area contributed by atoms with Crippen molar-refractivity contribution >= 4 is 22.4 Å². The average Bonchev–Trinajstić information content (AvgIpc) is 2.67. The van der Waals surface area contributed by atoms with E-state index >= 15 is 0 Å². The lowest BCUT2D eigenvalue weighted by atomic mass is 9.92. The zero-order valence-electron chi connectivity index (χ0n) is 15.0. The first-order valence-corrected chi connectivity index (χ1v) is 9.27. The highest BCUT2D eigenvalue weighted by molar-refractivity contribution is 5.96. The summed E-state index contributed by atoms with van der Waals surface area (Å²) < 4.78 is 5.89. The van der Waals surface area contributed by atoms with Crippen molar-refractivity contribution < 1.29 is 9.53 Å². The minimum atomic E-state index is -0.553. The summed E-state index contributed by atoms with van der Waals surface area (Å²) in [5.74, 6) is 0.629. The Hall–Kier alpha value is -2.81. The van der Waals surface area contributed by atoms with Crippen LogP contribution in [0.3, 0.4) is 0 Å². The molecule has 0 unspecified atom stereocenters. The molecular formula is C23H23NO2. The van der Waals surface area contributed by atoms with Gasteiger partial charge in [-0.3, -0.25) is 4.79 Å². The summed E-state index contributed by atoms with van der Waals surface area (Å²) in [4.78, 5) is 12.5. The summed E-state index contributed by atoms with van der Waals surface area (Å²) in [6, 6.07) is 20.2. The molecule has 0 bridgehead atoms. The first kappa shape index (κ1) is 16.6. The van der Waals surface area contributed by atoms with Gasteiger partial charge in [0.15, 0.2) is 6.10 Å². The van der Waals surface area contributed by atoms with Crippen molar-refractivity contribution in [3.05, 3.63) is 71.8 Å². The van der Waals surface area contributed by atoms with Gasteiger partial charge in [0.25, 0.3) is 5.91 Å². The van der Waals surface area contributed by atoms with Crippen LogP contribution in [-0.4, -0.2) is 12.0 Å². The molecule has 0 saturated carbocycles. The molecule has 1 amide bonds. The molecule has 1 N–H and O–H groups in total. The van der Waals surface area contributed by atoms with Crippen LogP contribution in [0.5, 0.6) is 5.75 Å². The van der Waals surface area contributed by atoms with Gasteiger partial charge in [0, 0.05) is 5.69 Å². The smallest absolute Gasteiger partial charge is 0.265 e. The van der Waals surface area contributed by atoms with Crippen molar-refractivity contribution in [2.24, 2.45) is 0 Å². The van der Waals surface area contributed by atoms with Crippen LogP contribution in [0.15, 0.2) is 60.7 Å². The molecule has 1 aliphatic rings.